The maximum atomic E-state index is 11.4. The molecule has 92 valence electrons. The molecule has 16 heavy (non-hydrogen) atoms. The summed E-state index contributed by atoms with van der Waals surface area (Å²) in [5.74, 6) is -0.302. The number of amides is 2. The Labute approximate surface area is 95.6 Å². The Morgan fingerprint density at radius 2 is 2.00 bits per heavy atom. The number of carboxylic acids is 1. The van der Waals surface area contributed by atoms with Crippen molar-refractivity contribution in [3.05, 3.63) is 0 Å². The molecule has 1 atom stereocenters. The standard InChI is InChI=1S/C11H20N2O3/c1-8(6-10(14)15)13-11(16)12-7-9-4-2-3-5-9/h8-9H,2-7H2,1H3,(H,14,15)(H2,12,13,16). The van der Waals surface area contributed by atoms with E-state index in [-0.39, 0.29) is 18.5 Å². The number of hydrogen-bond acceptors (Lipinski definition) is 2. The number of carbonyl (C=O) groups excluding carboxylic acids is 1. The molecule has 0 aliphatic heterocycles. The lowest BCUT2D eigenvalue weighted by molar-refractivity contribution is -0.137. The van der Waals surface area contributed by atoms with Crippen molar-refractivity contribution < 1.29 is 14.7 Å². The van der Waals surface area contributed by atoms with Crippen molar-refractivity contribution in [2.45, 2.75) is 45.1 Å². The fourth-order valence-corrected chi connectivity index (χ4v) is 2.04. The van der Waals surface area contributed by atoms with Gasteiger partial charge in [0.2, 0.25) is 0 Å². The van der Waals surface area contributed by atoms with Crippen LogP contribution in [-0.4, -0.2) is 29.7 Å². The summed E-state index contributed by atoms with van der Waals surface area (Å²) in [5.41, 5.74) is 0. The molecular formula is C11H20N2O3. The minimum atomic E-state index is -0.899. The second-order valence-electron chi connectivity index (χ2n) is 4.50. The van der Waals surface area contributed by atoms with Gasteiger partial charge >= 0.3 is 12.0 Å². The van der Waals surface area contributed by atoms with E-state index in [1.54, 1.807) is 6.92 Å². The van der Waals surface area contributed by atoms with Gasteiger partial charge in [0.25, 0.3) is 0 Å². The van der Waals surface area contributed by atoms with Gasteiger partial charge in [-0.05, 0) is 25.7 Å². The number of nitrogens with one attached hydrogen (secondary N) is 2. The van der Waals surface area contributed by atoms with E-state index >= 15 is 0 Å². The van der Waals surface area contributed by atoms with Gasteiger partial charge in [0.1, 0.15) is 0 Å². The fraction of sp³-hybridized carbons (Fsp3) is 0.818. The lowest BCUT2D eigenvalue weighted by Gasteiger charge is -2.14. The van der Waals surface area contributed by atoms with Gasteiger partial charge in [0.05, 0.1) is 6.42 Å². The van der Waals surface area contributed by atoms with E-state index in [0.29, 0.717) is 12.5 Å². The average molecular weight is 228 g/mol. The largest absolute Gasteiger partial charge is 0.481 e. The molecule has 0 heterocycles. The minimum absolute atomic E-state index is 0.0448. The number of urea groups is 1. The average Bonchev–Trinajstić information content (AvgIpc) is 2.65. The quantitative estimate of drug-likeness (QED) is 0.664. The second-order valence-corrected chi connectivity index (χ2v) is 4.50. The predicted molar refractivity (Wildman–Crippen MR) is 60.2 cm³/mol. The molecule has 1 rings (SSSR count). The molecule has 1 aliphatic carbocycles. The van der Waals surface area contributed by atoms with Crippen molar-refractivity contribution in [3.8, 4) is 0 Å². The zero-order valence-electron chi connectivity index (χ0n) is 9.66. The number of carbonyl (C=O) groups is 2. The van der Waals surface area contributed by atoms with Gasteiger partial charge in [0, 0.05) is 12.6 Å². The summed E-state index contributed by atoms with van der Waals surface area (Å²) in [7, 11) is 0. The Balaban J connectivity index is 2.12. The van der Waals surface area contributed by atoms with Crippen LogP contribution in [0.3, 0.4) is 0 Å². The normalized spacial score (nSPS) is 18.1. The van der Waals surface area contributed by atoms with Crippen molar-refractivity contribution in [2.75, 3.05) is 6.54 Å². The first-order valence-corrected chi connectivity index (χ1v) is 5.84. The third kappa shape index (κ3) is 5.00. The molecule has 5 heteroatoms. The van der Waals surface area contributed by atoms with Gasteiger partial charge in [-0.3, -0.25) is 4.79 Å². The number of carboxylic acid groups (broad SMARTS) is 1. The molecule has 0 saturated heterocycles. The van der Waals surface area contributed by atoms with E-state index in [1.807, 2.05) is 0 Å². The Morgan fingerprint density at radius 1 is 1.38 bits per heavy atom. The maximum Gasteiger partial charge on any atom is 0.315 e. The van der Waals surface area contributed by atoms with Crippen molar-refractivity contribution in [1.82, 2.24) is 10.6 Å². The molecule has 0 radical (unpaired) electrons. The molecule has 0 spiro atoms. The SMILES string of the molecule is CC(CC(=O)O)NC(=O)NCC1CCCC1. The van der Waals surface area contributed by atoms with E-state index in [0.717, 1.165) is 0 Å². The Kier molecular flexibility index (Phi) is 5.08. The zero-order valence-corrected chi connectivity index (χ0v) is 9.66. The smallest absolute Gasteiger partial charge is 0.315 e. The number of rotatable bonds is 5. The van der Waals surface area contributed by atoms with Crippen LogP contribution in [0.2, 0.25) is 0 Å². The van der Waals surface area contributed by atoms with Gasteiger partial charge in [-0.2, -0.15) is 0 Å². The molecule has 0 bridgehead atoms. The van der Waals surface area contributed by atoms with E-state index in [4.69, 9.17) is 5.11 Å². The summed E-state index contributed by atoms with van der Waals surface area (Å²) in [4.78, 5) is 21.8. The van der Waals surface area contributed by atoms with Crippen LogP contribution >= 0.6 is 0 Å². The summed E-state index contributed by atoms with van der Waals surface area (Å²) in [6.07, 6.45) is 4.83. The molecule has 0 aromatic heterocycles. The molecule has 3 N–H and O–H groups in total. The summed E-state index contributed by atoms with van der Waals surface area (Å²) in [6.45, 7) is 2.38. The third-order valence-electron chi connectivity index (χ3n) is 2.88. The van der Waals surface area contributed by atoms with Crippen molar-refractivity contribution in [2.24, 2.45) is 5.92 Å². The minimum Gasteiger partial charge on any atom is -0.481 e. The van der Waals surface area contributed by atoms with Crippen LogP contribution in [0, 0.1) is 5.92 Å². The lowest BCUT2D eigenvalue weighted by atomic mass is 10.1. The Morgan fingerprint density at radius 3 is 2.56 bits per heavy atom. The van der Waals surface area contributed by atoms with Gasteiger partial charge in [-0.15, -0.1) is 0 Å². The summed E-state index contributed by atoms with van der Waals surface area (Å²) >= 11 is 0. The van der Waals surface area contributed by atoms with Crippen LogP contribution < -0.4 is 10.6 Å². The van der Waals surface area contributed by atoms with Gasteiger partial charge in [-0.1, -0.05) is 12.8 Å². The predicted octanol–water partition coefficient (Wildman–Crippen LogP) is 1.34. The monoisotopic (exact) mass is 228 g/mol. The Bertz CT molecular complexity index is 250. The van der Waals surface area contributed by atoms with Crippen LogP contribution in [0.25, 0.3) is 0 Å². The molecule has 1 fully saturated rings. The van der Waals surface area contributed by atoms with Gasteiger partial charge in [0.15, 0.2) is 0 Å². The van der Waals surface area contributed by atoms with Crippen LogP contribution in [0.5, 0.6) is 0 Å². The van der Waals surface area contributed by atoms with Crippen LogP contribution in [-0.2, 0) is 4.79 Å². The van der Waals surface area contributed by atoms with E-state index in [2.05, 4.69) is 10.6 Å². The topological polar surface area (TPSA) is 78.4 Å². The highest BCUT2D eigenvalue weighted by atomic mass is 16.4. The van der Waals surface area contributed by atoms with Crippen molar-refractivity contribution in [1.29, 1.82) is 0 Å². The molecule has 2 amide bonds. The summed E-state index contributed by atoms with van der Waals surface area (Å²) in [5, 5.41) is 13.9. The molecule has 1 unspecified atom stereocenters. The lowest BCUT2D eigenvalue weighted by Crippen LogP contribution is -2.43. The molecule has 1 aliphatic rings. The van der Waals surface area contributed by atoms with Crippen molar-refractivity contribution in [3.63, 3.8) is 0 Å². The van der Waals surface area contributed by atoms with E-state index in [1.165, 1.54) is 25.7 Å². The zero-order chi connectivity index (χ0) is 12.0. The fourth-order valence-electron chi connectivity index (χ4n) is 2.04. The van der Waals surface area contributed by atoms with Crippen molar-refractivity contribution >= 4 is 12.0 Å². The number of aliphatic carboxylic acids is 1. The maximum absolute atomic E-state index is 11.4. The highest BCUT2D eigenvalue weighted by Crippen LogP contribution is 2.23. The first-order valence-electron chi connectivity index (χ1n) is 5.84. The summed E-state index contributed by atoms with van der Waals surface area (Å²) < 4.78 is 0. The van der Waals surface area contributed by atoms with Crippen LogP contribution in [0.1, 0.15) is 39.0 Å². The van der Waals surface area contributed by atoms with E-state index in [9.17, 15) is 9.59 Å². The Hall–Kier alpha value is -1.26. The first kappa shape index (κ1) is 12.8. The highest BCUT2D eigenvalue weighted by Gasteiger charge is 2.16. The van der Waals surface area contributed by atoms with Gasteiger partial charge in [-0.25, -0.2) is 4.79 Å². The molecule has 0 aromatic carbocycles. The second kappa shape index (κ2) is 6.35. The third-order valence-corrected chi connectivity index (χ3v) is 2.88. The molecular weight excluding hydrogens is 208 g/mol. The number of hydrogen-bond donors (Lipinski definition) is 3. The van der Waals surface area contributed by atoms with Gasteiger partial charge < -0.3 is 15.7 Å². The summed E-state index contributed by atoms with van der Waals surface area (Å²) in [6, 6.07) is -0.596. The molecule has 0 aromatic rings. The van der Waals surface area contributed by atoms with E-state index < -0.39 is 5.97 Å². The first-order chi connectivity index (χ1) is 7.58. The molecule has 5 nitrogen and oxygen atoms in total. The highest BCUT2D eigenvalue weighted by molar-refractivity contribution is 5.75. The van der Waals surface area contributed by atoms with Crippen LogP contribution in [0.4, 0.5) is 4.79 Å². The van der Waals surface area contributed by atoms with Crippen LogP contribution in [0.15, 0.2) is 0 Å². The molecule has 1 saturated carbocycles.